The summed E-state index contributed by atoms with van der Waals surface area (Å²) in [5.41, 5.74) is 0. The van der Waals surface area contributed by atoms with Crippen LogP contribution in [0.15, 0.2) is 0 Å². The predicted molar refractivity (Wildman–Crippen MR) is 87.9 cm³/mol. The van der Waals surface area contributed by atoms with Crippen molar-refractivity contribution in [1.82, 2.24) is 10.2 Å². The summed E-state index contributed by atoms with van der Waals surface area (Å²) in [6.45, 7) is 4.82. The number of carbonyl (C=O) groups is 1. The van der Waals surface area contributed by atoms with Gasteiger partial charge >= 0.3 is 0 Å². The molecule has 124 valence electrons. The number of piperidine rings is 1. The first-order valence-electron chi connectivity index (χ1n) is 8.29. The smallest absolute Gasteiger partial charge is 0.222 e. The van der Waals surface area contributed by atoms with Crippen molar-refractivity contribution >= 4 is 18.3 Å². The summed E-state index contributed by atoms with van der Waals surface area (Å²) >= 11 is 0. The fourth-order valence-electron chi connectivity index (χ4n) is 3.34. The molecule has 2 heterocycles. The number of hydrogen-bond donors (Lipinski definition) is 1. The molecule has 0 spiro atoms. The van der Waals surface area contributed by atoms with Gasteiger partial charge in [-0.2, -0.15) is 0 Å². The van der Waals surface area contributed by atoms with Crippen LogP contribution in [0.2, 0.25) is 0 Å². The van der Waals surface area contributed by atoms with Crippen molar-refractivity contribution < 1.29 is 9.53 Å². The van der Waals surface area contributed by atoms with Crippen molar-refractivity contribution in [3.8, 4) is 0 Å². The maximum Gasteiger partial charge on any atom is 0.222 e. The molecule has 1 amide bonds. The molecule has 1 N–H and O–H groups in total. The standard InChI is InChI=1S/C16H30N2O2.ClH/c1-17-9-4-15-5-10-18(11-6-15)16(19)3-2-14-7-12-20-13-8-14;/h14-15,17H,2-13H2,1H3;1H. The molecule has 2 saturated heterocycles. The van der Waals surface area contributed by atoms with Gasteiger partial charge in [0.2, 0.25) is 5.91 Å². The van der Waals surface area contributed by atoms with E-state index >= 15 is 0 Å². The minimum absolute atomic E-state index is 0. The molecule has 2 fully saturated rings. The number of carbonyl (C=O) groups excluding carboxylic acids is 1. The van der Waals surface area contributed by atoms with Crippen LogP contribution < -0.4 is 5.32 Å². The lowest BCUT2D eigenvalue weighted by atomic mass is 9.92. The van der Waals surface area contributed by atoms with E-state index in [0.717, 1.165) is 64.4 Å². The second kappa shape index (κ2) is 10.4. The summed E-state index contributed by atoms with van der Waals surface area (Å²) in [6.07, 6.45) is 7.70. The fourth-order valence-corrected chi connectivity index (χ4v) is 3.34. The molecule has 0 aromatic rings. The first-order valence-corrected chi connectivity index (χ1v) is 8.29. The molecule has 21 heavy (non-hydrogen) atoms. The van der Waals surface area contributed by atoms with E-state index in [0.29, 0.717) is 11.8 Å². The van der Waals surface area contributed by atoms with E-state index < -0.39 is 0 Å². The van der Waals surface area contributed by atoms with Crippen molar-refractivity contribution in [3.63, 3.8) is 0 Å². The topological polar surface area (TPSA) is 41.6 Å². The van der Waals surface area contributed by atoms with Crippen molar-refractivity contribution in [2.24, 2.45) is 11.8 Å². The van der Waals surface area contributed by atoms with E-state index in [1.807, 2.05) is 7.05 Å². The average molecular weight is 319 g/mol. The number of nitrogens with one attached hydrogen (secondary N) is 1. The zero-order valence-electron chi connectivity index (χ0n) is 13.3. The molecule has 0 radical (unpaired) electrons. The number of amides is 1. The fraction of sp³-hybridized carbons (Fsp3) is 0.938. The molecule has 0 bridgehead atoms. The van der Waals surface area contributed by atoms with E-state index in [1.54, 1.807) is 0 Å². The van der Waals surface area contributed by atoms with Gasteiger partial charge in [-0.3, -0.25) is 4.79 Å². The monoisotopic (exact) mass is 318 g/mol. The van der Waals surface area contributed by atoms with Crippen molar-refractivity contribution in [1.29, 1.82) is 0 Å². The zero-order valence-corrected chi connectivity index (χ0v) is 14.1. The summed E-state index contributed by atoms with van der Waals surface area (Å²) in [6, 6.07) is 0. The highest BCUT2D eigenvalue weighted by molar-refractivity contribution is 5.85. The van der Waals surface area contributed by atoms with Gasteiger partial charge in [0.15, 0.2) is 0 Å². The van der Waals surface area contributed by atoms with E-state index in [4.69, 9.17) is 4.74 Å². The van der Waals surface area contributed by atoms with Gasteiger partial charge in [-0.1, -0.05) is 0 Å². The van der Waals surface area contributed by atoms with Gasteiger partial charge in [0.05, 0.1) is 0 Å². The Hall–Kier alpha value is -0.320. The third-order valence-electron chi connectivity index (χ3n) is 4.88. The Balaban J connectivity index is 0.00000220. The van der Waals surface area contributed by atoms with Crippen LogP contribution in [0.3, 0.4) is 0 Å². The summed E-state index contributed by atoms with van der Waals surface area (Å²) in [7, 11) is 2.01. The molecule has 0 aromatic carbocycles. The Morgan fingerprint density at radius 2 is 1.71 bits per heavy atom. The second-order valence-electron chi connectivity index (χ2n) is 6.31. The Kier molecular flexibility index (Phi) is 9.29. The summed E-state index contributed by atoms with van der Waals surface area (Å²) in [4.78, 5) is 14.3. The number of likely N-dealkylation sites (tertiary alicyclic amines) is 1. The quantitative estimate of drug-likeness (QED) is 0.818. The number of halogens is 1. The molecule has 0 aliphatic carbocycles. The van der Waals surface area contributed by atoms with E-state index in [-0.39, 0.29) is 12.4 Å². The minimum atomic E-state index is 0. The van der Waals surface area contributed by atoms with Gasteiger partial charge in [0.1, 0.15) is 0 Å². The largest absolute Gasteiger partial charge is 0.381 e. The molecule has 2 aliphatic heterocycles. The number of nitrogens with zero attached hydrogens (tertiary/aromatic N) is 1. The average Bonchev–Trinajstić information content (AvgIpc) is 2.52. The van der Waals surface area contributed by atoms with Crippen LogP contribution in [0.4, 0.5) is 0 Å². The van der Waals surface area contributed by atoms with Crippen molar-refractivity contribution in [2.75, 3.05) is 39.9 Å². The van der Waals surface area contributed by atoms with E-state index in [9.17, 15) is 4.79 Å². The SMILES string of the molecule is CNCCC1CCN(C(=O)CCC2CCOCC2)CC1.Cl. The van der Waals surface area contributed by atoms with Gasteiger partial charge in [0.25, 0.3) is 0 Å². The molecule has 2 rings (SSSR count). The number of hydrogen-bond acceptors (Lipinski definition) is 3. The predicted octanol–water partition coefficient (Wildman–Crippen LogP) is 2.46. The Bertz CT molecular complexity index is 288. The van der Waals surface area contributed by atoms with E-state index in [2.05, 4.69) is 10.2 Å². The Labute approximate surface area is 135 Å². The number of rotatable bonds is 6. The molecule has 5 heteroatoms. The van der Waals surface area contributed by atoms with Crippen LogP contribution in [0.25, 0.3) is 0 Å². The van der Waals surface area contributed by atoms with Gasteiger partial charge in [0, 0.05) is 32.7 Å². The van der Waals surface area contributed by atoms with Crippen LogP contribution in [0.1, 0.15) is 44.9 Å². The molecule has 0 aromatic heterocycles. The van der Waals surface area contributed by atoms with Crippen LogP contribution in [0, 0.1) is 11.8 Å². The van der Waals surface area contributed by atoms with E-state index in [1.165, 1.54) is 19.3 Å². The Morgan fingerprint density at radius 1 is 1.10 bits per heavy atom. The lowest BCUT2D eigenvalue weighted by Gasteiger charge is -2.32. The molecule has 2 aliphatic rings. The van der Waals surface area contributed by atoms with Crippen LogP contribution in [0.5, 0.6) is 0 Å². The molecule has 0 saturated carbocycles. The third kappa shape index (κ3) is 6.54. The first kappa shape index (κ1) is 18.7. The second-order valence-corrected chi connectivity index (χ2v) is 6.31. The normalized spacial score (nSPS) is 21.1. The highest BCUT2D eigenvalue weighted by Gasteiger charge is 2.23. The molecular formula is C16H31ClN2O2. The Morgan fingerprint density at radius 3 is 2.33 bits per heavy atom. The van der Waals surface area contributed by atoms with Gasteiger partial charge in [-0.25, -0.2) is 0 Å². The highest BCUT2D eigenvalue weighted by atomic mass is 35.5. The molecule has 4 nitrogen and oxygen atoms in total. The van der Waals surface area contributed by atoms with Crippen LogP contribution in [-0.2, 0) is 9.53 Å². The summed E-state index contributed by atoms with van der Waals surface area (Å²) in [5.74, 6) is 1.89. The van der Waals surface area contributed by atoms with Crippen LogP contribution in [-0.4, -0.2) is 50.7 Å². The lowest BCUT2D eigenvalue weighted by Crippen LogP contribution is -2.39. The highest BCUT2D eigenvalue weighted by Crippen LogP contribution is 2.23. The van der Waals surface area contributed by atoms with Gasteiger partial charge in [-0.05, 0) is 64.0 Å². The molecule has 0 unspecified atom stereocenters. The zero-order chi connectivity index (χ0) is 14.2. The number of ether oxygens (including phenoxy) is 1. The first-order chi connectivity index (χ1) is 9.79. The maximum absolute atomic E-state index is 12.2. The third-order valence-corrected chi connectivity index (χ3v) is 4.88. The van der Waals surface area contributed by atoms with Gasteiger partial charge in [-0.15, -0.1) is 12.4 Å². The summed E-state index contributed by atoms with van der Waals surface area (Å²) in [5, 5.41) is 3.21. The van der Waals surface area contributed by atoms with Crippen LogP contribution >= 0.6 is 12.4 Å². The maximum atomic E-state index is 12.2. The molecule has 0 atom stereocenters. The van der Waals surface area contributed by atoms with Crippen molar-refractivity contribution in [2.45, 2.75) is 44.9 Å². The van der Waals surface area contributed by atoms with Crippen molar-refractivity contribution in [3.05, 3.63) is 0 Å². The molecular weight excluding hydrogens is 288 g/mol. The minimum Gasteiger partial charge on any atom is -0.381 e. The lowest BCUT2D eigenvalue weighted by molar-refractivity contribution is -0.133. The summed E-state index contributed by atoms with van der Waals surface area (Å²) < 4.78 is 5.37. The van der Waals surface area contributed by atoms with Gasteiger partial charge < -0.3 is 15.0 Å².